The van der Waals surface area contributed by atoms with Gasteiger partial charge in [-0.05, 0) is 41.8 Å². The molecule has 7 heteroatoms. The summed E-state index contributed by atoms with van der Waals surface area (Å²) < 4.78 is 0. The molecule has 0 unspecified atom stereocenters. The number of β-amino-alcohol motifs (C(OH)–C–C–N with tert-alkyl or cyclic N) is 1. The molecule has 2 aromatic rings. The molecule has 1 fully saturated rings. The van der Waals surface area contributed by atoms with Crippen LogP contribution in [0.2, 0.25) is 5.02 Å². The molecule has 1 amide bonds. The fraction of sp³-hybridized carbons (Fsp3) is 0.409. The maximum absolute atomic E-state index is 12.9. The summed E-state index contributed by atoms with van der Waals surface area (Å²) in [5, 5.41) is 13.0. The van der Waals surface area contributed by atoms with Crippen LogP contribution in [0.25, 0.3) is 0 Å². The van der Waals surface area contributed by atoms with Crippen molar-refractivity contribution in [3.8, 4) is 0 Å². The fourth-order valence-electron chi connectivity index (χ4n) is 3.99. The molecule has 0 aromatic heterocycles. The molecule has 1 saturated heterocycles. The Morgan fingerprint density at radius 1 is 1.10 bits per heavy atom. The first-order chi connectivity index (χ1) is 14.1. The summed E-state index contributed by atoms with van der Waals surface area (Å²) in [6.07, 6.45) is 0.756. The number of hydrogen-bond donors (Lipinski definition) is 2. The van der Waals surface area contributed by atoms with Crippen LogP contribution in [0.15, 0.2) is 52.3 Å². The first-order valence-electron chi connectivity index (χ1n) is 10.0. The lowest BCUT2D eigenvalue weighted by Gasteiger charge is -2.34. The molecule has 29 heavy (non-hydrogen) atoms. The van der Waals surface area contributed by atoms with E-state index in [0.29, 0.717) is 18.1 Å². The quantitative estimate of drug-likeness (QED) is 0.762. The number of carbonyl (C=O) groups excluding carboxylic acids is 1. The van der Waals surface area contributed by atoms with Crippen LogP contribution in [0.1, 0.15) is 17.2 Å². The third-order valence-corrected chi connectivity index (χ3v) is 6.99. The highest BCUT2D eigenvalue weighted by atomic mass is 35.5. The van der Waals surface area contributed by atoms with Crippen LogP contribution in [-0.2, 0) is 11.2 Å². The molecule has 0 spiro atoms. The summed E-state index contributed by atoms with van der Waals surface area (Å²) in [7, 11) is 0. The summed E-state index contributed by atoms with van der Waals surface area (Å²) in [6, 6.07) is 14.2. The highest BCUT2D eigenvalue weighted by Crippen LogP contribution is 2.41. The standard InChI is InChI=1S/C22H26ClN3O2S/c23-17-5-6-21-18(14-17)19(13-16-3-1-2-4-20(16)29-21)24-22(28)15-26-9-7-25(8-10-26)11-12-27/h1-6,14,19,27H,7-13,15H2,(H,24,28)/t19-/m0/s1. The Kier molecular flexibility index (Phi) is 6.77. The van der Waals surface area contributed by atoms with Gasteiger partial charge < -0.3 is 10.4 Å². The van der Waals surface area contributed by atoms with Gasteiger partial charge in [-0.1, -0.05) is 41.6 Å². The van der Waals surface area contributed by atoms with Gasteiger partial charge in [-0.25, -0.2) is 0 Å². The van der Waals surface area contributed by atoms with Crippen LogP contribution in [0.3, 0.4) is 0 Å². The van der Waals surface area contributed by atoms with E-state index in [-0.39, 0.29) is 18.6 Å². The lowest BCUT2D eigenvalue weighted by Crippen LogP contribution is -2.50. The third kappa shape index (κ3) is 5.13. The normalized spacial score (nSPS) is 19.9. The van der Waals surface area contributed by atoms with Gasteiger partial charge in [0.25, 0.3) is 0 Å². The Labute approximate surface area is 181 Å². The zero-order valence-electron chi connectivity index (χ0n) is 16.3. The molecule has 0 bridgehead atoms. The number of hydrogen-bond acceptors (Lipinski definition) is 5. The number of carbonyl (C=O) groups is 1. The fourth-order valence-corrected chi connectivity index (χ4v) is 5.29. The topological polar surface area (TPSA) is 55.8 Å². The van der Waals surface area contributed by atoms with Crippen LogP contribution in [0.5, 0.6) is 0 Å². The smallest absolute Gasteiger partial charge is 0.234 e. The van der Waals surface area contributed by atoms with Crippen molar-refractivity contribution in [3.63, 3.8) is 0 Å². The predicted molar refractivity (Wildman–Crippen MR) is 117 cm³/mol. The van der Waals surface area contributed by atoms with Gasteiger partial charge in [0.15, 0.2) is 0 Å². The van der Waals surface area contributed by atoms with E-state index in [9.17, 15) is 4.79 Å². The number of nitrogens with zero attached hydrogens (tertiary/aromatic N) is 2. The zero-order chi connectivity index (χ0) is 20.2. The Hall–Kier alpha value is -1.57. The Morgan fingerprint density at radius 2 is 1.86 bits per heavy atom. The minimum atomic E-state index is -0.0944. The summed E-state index contributed by atoms with van der Waals surface area (Å²) in [5.41, 5.74) is 2.33. The van der Waals surface area contributed by atoms with Crippen molar-refractivity contribution in [1.29, 1.82) is 0 Å². The molecular weight excluding hydrogens is 406 g/mol. The third-order valence-electron chi connectivity index (χ3n) is 5.55. The molecule has 1 atom stereocenters. The van der Waals surface area contributed by atoms with E-state index in [1.165, 1.54) is 10.5 Å². The van der Waals surface area contributed by atoms with Crippen molar-refractivity contribution >= 4 is 29.3 Å². The van der Waals surface area contributed by atoms with Crippen LogP contribution >= 0.6 is 23.4 Å². The zero-order valence-corrected chi connectivity index (χ0v) is 17.9. The van der Waals surface area contributed by atoms with E-state index >= 15 is 0 Å². The Bertz CT molecular complexity index is 871. The van der Waals surface area contributed by atoms with Crippen molar-refractivity contribution in [1.82, 2.24) is 15.1 Å². The molecule has 5 nitrogen and oxygen atoms in total. The van der Waals surface area contributed by atoms with Crippen LogP contribution in [-0.4, -0.2) is 66.7 Å². The van der Waals surface area contributed by atoms with Gasteiger partial charge in [-0.2, -0.15) is 0 Å². The second-order valence-electron chi connectivity index (χ2n) is 7.56. The van der Waals surface area contributed by atoms with E-state index in [1.54, 1.807) is 11.8 Å². The number of benzene rings is 2. The first-order valence-corrected chi connectivity index (χ1v) is 11.2. The summed E-state index contributed by atoms with van der Waals surface area (Å²) >= 11 is 8.02. The molecule has 2 aliphatic heterocycles. The Morgan fingerprint density at radius 3 is 2.66 bits per heavy atom. The monoisotopic (exact) mass is 431 g/mol. The second kappa shape index (κ2) is 9.49. The summed E-state index contributed by atoms with van der Waals surface area (Å²) in [6.45, 7) is 4.76. The van der Waals surface area contributed by atoms with E-state index in [4.69, 9.17) is 16.7 Å². The SMILES string of the molecule is O=C(CN1CCN(CCO)CC1)N[C@H]1Cc2ccccc2Sc2ccc(Cl)cc21. The van der Waals surface area contributed by atoms with Crippen molar-refractivity contribution in [2.45, 2.75) is 22.3 Å². The minimum absolute atomic E-state index is 0.0425. The number of amides is 1. The number of aliphatic hydroxyl groups is 1. The molecule has 4 rings (SSSR count). The average molecular weight is 432 g/mol. The van der Waals surface area contributed by atoms with Crippen LogP contribution < -0.4 is 5.32 Å². The van der Waals surface area contributed by atoms with Crippen LogP contribution in [0, 0.1) is 0 Å². The molecule has 2 heterocycles. The maximum atomic E-state index is 12.9. The van der Waals surface area contributed by atoms with Gasteiger partial charge in [0.2, 0.25) is 5.91 Å². The van der Waals surface area contributed by atoms with Gasteiger partial charge in [-0.15, -0.1) is 0 Å². The van der Waals surface area contributed by atoms with Gasteiger partial charge >= 0.3 is 0 Å². The summed E-state index contributed by atoms with van der Waals surface area (Å²) in [4.78, 5) is 19.6. The molecule has 154 valence electrons. The largest absolute Gasteiger partial charge is 0.395 e. The highest BCUT2D eigenvalue weighted by molar-refractivity contribution is 7.99. The van der Waals surface area contributed by atoms with E-state index in [0.717, 1.165) is 43.1 Å². The maximum Gasteiger partial charge on any atom is 0.234 e. The highest BCUT2D eigenvalue weighted by Gasteiger charge is 2.25. The number of fused-ring (bicyclic) bond motifs is 2. The molecule has 2 aliphatic rings. The minimum Gasteiger partial charge on any atom is -0.395 e. The number of rotatable bonds is 5. The van der Waals surface area contributed by atoms with E-state index in [1.807, 2.05) is 24.3 Å². The first kappa shape index (κ1) is 20.7. The molecule has 0 radical (unpaired) electrons. The number of piperazine rings is 1. The molecule has 2 aromatic carbocycles. The number of nitrogens with one attached hydrogen (secondary N) is 1. The number of halogens is 1. The summed E-state index contributed by atoms with van der Waals surface area (Å²) in [5.74, 6) is 0.0425. The molecule has 0 saturated carbocycles. The van der Waals surface area contributed by atoms with Gasteiger partial charge in [0, 0.05) is 47.5 Å². The molecular formula is C22H26ClN3O2S. The second-order valence-corrected chi connectivity index (χ2v) is 9.08. The molecule has 0 aliphatic carbocycles. The van der Waals surface area contributed by atoms with Gasteiger partial charge in [0.05, 0.1) is 19.2 Å². The van der Waals surface area contributed by atoms with Crippen molar-refractivity contribution in [2.24, 2.45) is 0 Å². The van der Waals surface area contributed by atoms with Gasteiger partial charge in [0.1, 0.15) is 0 Å². The van der Waals surface area contributed by atoms with E-state index in [2.05, 4.69) is 33.3 Å². The van der Waals surface area contributed by atoms with Crippen molar-refractivity contribution in [3.05, 3.63) is 58.6 Å². The van der Waals surface area contributed by atoms with Crippen molar-refractivity contribution < 1.29 is 9.90 Å². The number of aliphatic hydroxyl groups excluding tert-OH is 1. The lowest BCUT2D eigenvalue weighted by molar-refractivity contribution is -0.123. The van der Waals surface area contributed by atoms with Crippen LogP contribution in [0.4, 0.5) is 0 Å². The Balaban J connectivity index is 1.46. The average Bonchev–Trinajstić information content (AvgIpc) is 2.86. The van der Waals surface area contributed by atoms with E-state index < -0.39 is 0 Å². The molecule has 2 N–H and O–H groups in total. The van der Waals surface area contributed by atoms with Gasteiger partial charge in [-0.3, -0.25) is 14.6 Å². The predicted octanol–water partition coefficient (Wildman–Crippen LogP) is 2.81. The lowest BCUT2D eigenvalue weighted by atomic mass is 9.99. The van der Waals surface area contributed by atoms with Crippen molar-refractivity contribution in [2.75, 3.05) is 45.9 Å².